The molecule has 1 rings (SSSR count). The van der Waals surface area contributed by atoms with Crippen molar-refractivity contribution in [3.05, 3.63) is 0 Å². The van der Waals surface area contributed by atoms with Gasteiger partial charge in [0.25, 0.3) is 5.90 Å². The maximum absolute atomic E-state index is 8.18. The van der Waals surface area contributed by atoms with Crippen LogP contribution in [0.3, 0.4) is 0 Å². The maximum Gasteiger partial charge on any atom is 0.275 e. The molecule has 1 aliphatic rings. The average molecular weight is 130 g/mol. The van der Waals surface area contributed by atoms with Gasteiger partial charge >= 0.3 is 0 Å². The van der Waals surface area contributed by atoms with E-state index in [9.17, 15) is 0 Å². The Kier molecular flexibility index (Phi) is 1.53. The fourth-order valence-electron chi connectivity index (χ4n) is 0.614. The molecule has 0 amide bonds. The molecule has 0 aliphatic carbocycles. The molecular weight excluding hydrogens is 124 g/mol. The Hall–Kier alpha value is -1.26. The van der Waals surface area contributed by atoms with Gasteiger partial charge in [-0.15, -0.1) is 0 Å². The van der Waals surface area contributed by atoms with Crippen LogP contribution in [0.4, 0.5) is 0 Å². The molecule has 0 atom stereocenters. The van der Waals surface area contributed by atoms with E-state index < -0.39 is 0 Å². The highest BCUT2D eigenvalue weighted by molar-refractivity contribution is 6.40. The zero-order chi connectivity index (χ0) is 6.69. The first kappa shape index (κ1) is 5.87. The molecule has 0 saturated carbocycles. The Balaban J connectivity index is 2.75. The summed E-state index contributed by atoms with van der Waals surface area (Å²) in [7, 11) is 0. The van der Waals surface area contributed by atoms with Crippen LogP contribution in [0.5, 0.6) is 0 Å². The second-order valence-electron chi connectivity index (χ2n) is 1.55. The van der Waals surface area contributed by atoms with Gasteiger partial charge in [-0.05, 0) is 5.16 Å². The summed E-state index contributed by atoms with van der Waals surface area (Å²) in [4.78, 5) is 0. The molecular formula is C4H6N2O3. The monoisotopic (exact) mass is 130 g/mol. The topological polar surface area (TPSA) is 74.4 Å². The van der Waals surface area contributed by atoms with Crippen LogP contribution in [0.15, 0.2) is 10.3 Å². The quantitative estimate of drug-likeness (QED) is 0.358. The molecule has 0 radical (unpaired) electrons. The number of nitrogens with zero attached hydrogens (tertiary/aromatic N) is 2. The lowest BCUT2D eigenvalue weighted by atomic mass is 10.3. The Morgan fingerprint density at radius 1 is 1.33 bits per heavy atom. The van der Waals surface area contributed by atoms with Crippen LogP contribution in [0.2, 0.25) is 0 Å². The SMILES string of the molecule is ON=C1CCOC1=NO. The van der Waals surface area contributed by atoms with Crippen LogP contribution in [0.1, 0.15) is 6.42 Å². The highest BCUT2D eigenvalue weighted by Gasteiger charge is 2.19. The minimum Gasteiger partial charge on any atom is -0.474 e. The largest absolute Gasteiger partial charge is 0.474 e. The molecule has 50 valence electrons. The molecule has 5 nitrogen and oxygen atoms in total. The van der Waals surface area contributed by atoms with E-state index in [0.29, 0.717) is 13.0 Å². The van der Waals surface area contributed by atoms with Gasteiger partial charge in [-0.3, -0.25) is 0 Å². The average Bonchev–Trinajstić information content (AvgIpc) is 2.33. The van der Waals surface area contributed by atoms with E-state index in [1.165, 1.54) is 0 Å². The van der Waals surface area contributed by atoms with E-state index in [1.54, 1.807) is 0 Å². The van der Waals surface area contributed by atoms with Crippen molar-refractivity contribution in [2.24, 2.45) is 10.3 Å². The highest BCUT2D eigenvalue weighted by Crippen LogP contribution is 2.02. The van der Waals surface area contributed by atoms with Gasteiger partial charge in [0.1, 0.15) is 5.71 Å². The summed E-state index contributed by atoms with van der Waals surface area (Å²) in [6.07, 6.45) is 0.496. The second kappa shape index (κ2) is 2.34. The molecule has 5 heteroatoms. The summed E-state index contributed by atoms with van der Waals surface area (Å²) in [5.41, 5.74) is 0.289. The fraction of sp³-hybridized carbons (Fsp3) is 0.500. The van der Waals surface area contributed by atoms with Crippen LogP contribution in [0, 0.1) is 0 Å². The molecule has 0 bridgehead atoms. The predicted molar refractivity (Wildman–Crippen MR) is 29.0 cm³/mol. The van der Waals surface area contributed by atoms with Crippen molar-refractivity contribution >= 4 is 11.6 Å². The van der Waals surface area contributed by atoms with Gasteiger partial charge in [0, 0.05) is 6.42 Å². The Morgan fingerprint density at radius 2 is 2.11 bits per heavy atom. The van der Waals surface area contributed by atoms with Crippen molar-refractivity contribution in [1.82, 2.24) is 0 Å². The molecule has 1 heterocycles. The van der Waals surface area contributed by atoms with Crippen LogP contribution in [-0.2, 0) is 4.74 Å². The van der Waals surface area contributed by atoms with Gasteiger partial charge in [-0.25, -0.2) is 0 Å². The van der Waals surface area contributed by atoms with Crippen LogP contribution >= 0.6 is 0 Å². The summed E-state index contributed by atoms with van der Waals surface area (Å²) in [5, 5.41) is 21.9. The first-order valence-corrected chi connectivity index (χ1v) is 2.44. The first-order chi connectivity index (χ1) is 4.38. The molecule has 0 unspecified atom stereocenters. The number of oxime groups is 2. The predicted octanol–water partition coefficient (Wildman–Crippen LogP) is 0.0246. The summed E-state index contributed by atoms with van der Waals surface area (Å²) in [6.45, 7) is 0.415. The normalized spacial score (nSPS) is 27.1. The zero-order valence-electron chi connectivity index (χ0n) is 4.61. The van der Waals surface area contributed by atoms with Gasteiger partial charge in [0.2, 0.25) is 0 Å². The van der Waals surface area contributed by atoms with Crippen molar-refractivity contribution < 1.29 is 15.2 Å². The maximum atomic E-state index is 8.18. The molecule has 1 aliphatic heterocycles. The summed E-state index contributed by atoms with van der Waals surface area (Å²) in [6, 6.07) is 0. The molecule has 0 aromatic heterocycles. The number of rotatable bonds is 0. The van der Waals surface area contributed by atoms with Gasteiger partial charge in [0.15, 0.2) is 0 Å². The minimum atomic E-state index is 0.0116. The molecule has 0 aromatic rings. The third-order valence-corrected chi connectivity index (χ3v) is 1.04. The van der Waals surface area contributed by atoms with E-state index in [1.807, 2.05) is 0 Å². The summed E-state index contributed by atoms with van der Waals surface area (Å²) < 4.78 is 4.71. The summed E-state index contributed by atoms with van der Waals surface area (Å²) in [5.74, 6) is 0.0116. The van der Waals surface area contributed by atoms with E-state index in [2.05, 4.69) is 10.3 Å². The second-order valence-corrected chi connectivity index (χ2v) is 1.55. The highest BCUT2D eigenvalue weighted by atomic mass is 16.5. The van der Waals surface area contributed by atoms with E-state index in [0.717, 1.165) is 0 Å². The van der Waals surface area contributed by atoms with Gasteiger partial charge in [-0.2, -0.15) is 0 Å². The zero-order valence-corrected chi connectivity index (χ0v) is 4.61. The van der Waals surface area contributed by atoms with Crippen LogP contribution in [-0.4, -0.2) is 28.6 Å². The molecule has 9 heavy (non-hydrogen) atoms. The number of ether oxygens (including phenoxy) is 1. The standard InChI is InChI=1S/C4H6N2O3/c7-5-3-1-2-9-4(3)6-8/h7-8H,1-2H2. The lowest BCUT2D eigenvalue weighted by Gasteiger charge is -1.89. The van der Waals surface area contributed by atoms with Crippen LogP contribution < -0.4 is 0 Å². The van der Waals surface area contributed by atoms with Crippen molar-refractivity contribution in [2.45, 2.75) is 6.42 Å². The van der Waals surface area contributed by atoms with Crippen molar-refractivity contribution in [3.8, 4) is 0 Å². The minimum absolute atomic E-state index is 0.0116. The van der Waals surface area contributed by atoms with E-state index in [-0.39, 0.29) is 11.6 Å². The smallest absolute Gasteiger partial charge is 0.275 e. The lowest BCUT2D eigenvalue weighted by Crippen LogP contribution is -2.06. The third kappa shape index (κ3) is 0.933. The number of hydrogen-bond acceptors (Lipinski definition) is 5. The van der Waals surface area contributed by atoms with Crippen molar-refractivity contribution in [1.29, 1.82) is 0 Å². The van der Waals surface area contributed by atoms with Gasteiger partial charge in [0.05, 0.1) is 6.61 Å². The molecule has 0 spiro atoms. The van der Waals surface area contributed by atoms with E-state index >= 15 is 0 Å². The van der Waals surface area contributed by atoms with Crippen molar-refractivity contribution in [3.63, 3.8) is 0 Å². The number of hydrogen-bond donors (Lipinski definition) is 2. The fourth-order valence-corrected chi connectivity index (χ4v) is 0.614. The Bertz CT molecular complexity index is 145. The molecule has 2 N–H and O–H groups in total. The Labute approximate surface area is 51.2 Å². The van der Waals surface area contributed by atoms with Gasteiger partial charge in [-0.1, -0.05) is 5.16 Å². The molecule has 1 fully saturated rings. The van der Waals surface area contributed by atoms with Crippen molar-refractivity contribution in [2.75, 3.05) is 6.61 Å². The van der Waals surface area contributed by atoms with Gasteiger partial charge < -0.3 is 15.2 Å². The Morgan fingerprint density at radius 3 is 2.56 bits per heavy atom. The molecule has 1 saturated heterocycles. The first-order valence-electron chi connectivity index (χ1n) is 2.44. The molecule has 0 aromatic carbocycles. The third-order valence-electron chi connectivity index (χ3n) is 1.04. The van der Waals surface area contributed by atoms with Crippen LogP contribution in [0.25, 0.3) is 0 Å². The summed E-state index contributed by atoms with van der Waals surface area (Å²) >= 11 is 0. The van der Waals surface area contributed by atoms with E-state index in [4.69, 9.17) is 15.2 Å². The lowest BCUT2D eigenvalue weighted by molar-refractivity contribution is 0.276.